The van der Waals surface area contributed by atoms with Gasteiger partial charge in [0.1, 0.15) is 0 Å². The molecule has 7 nitrogen and oxygen atoms in total. The lowest BCUT2D eigenvalue weighted by Crippen LogP contribution is -2.40. The van der Waals surface area contributed by atoms with E-state index < -0.39 is 10.0 Å². The summed E-state index contributed by atoms with van der Waals surface area (Å²) in [5.41, 5.74) is 0.908. The fourth-order valence-corrected chi connectivity index (χ4v) is 6.50. The molecule has 2 N–H and O–H groups in total. The summed E-state index contributed by atoms with van der Waals surface area (Å²) in [4.78, 5) is 12.8. The molecule has 2 aromatic carbocycles. The third-order valence-electron chi connectivity index (χ3n) is 6.84. The van der Waals surface area contributed by atoms with Crippen LogP contribution in [0, 0.1) is 17.8 Å². The predicted molar refractivity (Wildman–Crippen MR) is 123 cm³/mol. The first kappa shape index (κ1) is 22.6. The predicted octanol–water partition coefficient (Wildman–Crippen LogP) is 4.06. The van der Waals surface area contributed by atoms with Gasteiger partial charge in [-0.05, 0) is 86.4 Å². The topological polar surface area (TPSA) is 93.7 Å². The fraction of sp³-hybridized carbons (Fsp3) is 0.458. The van der Waals surface area contributed by atoms with E-state index in [0.717, 1.165) is 12.3 Å². The number of fused-ring (bicyclic) bond motifs is 2. The summed E-state index contributed by atoms with van der Waals surface area (Å²) in [7, 11) is -0.588. The van der Waals surface area contributed by atoms with Gasteiger partial charge in [0, 0.05) is 17.3 Å². The molecule has 0 heterocycles. The van der Waals surface area contributed by atoms with Crippen molar-refractivity contribution in [1.82, 2.24) is 4.72 Å². The van der Waals surface area contributed by atoms with Crippen molar-refractivity contribution in [2.24, 2.45) is 17.8 Å². The zero-order valence-electron chi connectivity index (χ0n) is 18.6. The van der Waals surface area contributed by atoms with E-state index in [9.17, 15) is 13.2 Å². The number of amides is 1. The Morgan fingerprint density at radius 2 is 1.72 bits per heavy atom. The van der Waals surface area contributed by atoms with Crippen molar-refractivity contribution >= 4 is 21.6 Å². The molecule has 8 heteroatoms. The summed E-state index contributed by atoms with van der Waals surface area (Å²) in [6.07, 6.45) is 4.87. The molecule has 4 atom stereocenters. The number of hydrogen-bond acceptors (Lipinski definition) is 5. The quantitative estimate of drug-likeness (QED) is 0.622. The van der Waals surface area contributed by atoms with Crippen LogP contribution < -0.4 is 19.5 Å². The molecule has 0 saturated heterocycles. The second-order valence-electron chi connectivity index (χ2n) is 8.80. The second-order valence-corrected chi connectivity index (χ2v) is 10.5. The number of anilines is 1. The maximum Gasteiger partial charge on any atom is 0.255 e. The number of ether oxygens (including phenoxy) is 2. The summed E-state index contributed by atoms with van der Waals surface area (Å²) in [6.45, 7) is 1.97. The van der Waals surface area contributed by atoms with Crippen molar-refractivity contribution in [3.05, 3.63) is 48.0 Å². The van der Waals surface area contributed by atoms with Gasteiger partial charge in [0.05, 0.1) is 19.1 Å². The van der Waals surface area contributed by atoms with Gasteiger partial charge in [-0.1, -0.05) is 6.42 Å². The molecule has 2 aromatic rings. The number of benzene rings is 2. The molecule has 2 aliphatic rings. The van der Waals surface area contributed by atoms with Crippen LogP contribution in [0.15, 0.2) is 47.4 Å². The minimum atomic E-state index is -3.62. The largest absolute Gasteiger partial charge is 0.493 e. The average molecular weight is 459 g/mol. The fourth-order valence-electron chi connectivity index (χ4n) is 5.20. The number of carbonyl (C=O) groups is 1. The SMILES string of the molecule is COc1ccc(C(=O)Nc2ccc(S(=O)(=O)N[C@@H](C)[C@H]3C[C@@H]4CC[C@@H]3C4)cc2)cc1OC. The number of methoxy groups -OCH3 is 2. The molecular weight excluding hydrogens is 428 g/mol. The molecule has 2 fully saturated rings. The van der Waals surface area contributed by atoms with E-state index in [1.807, 2.05) is 6.92 Å². The van der Waals surface area contributed by atoms with Crippen LogP contribution in [-0.4, -0.2) is 34.6 Å². The zero-order valence-corrected chi connectivity index (χ0v) is 19.4. The molecule has 1 amide bonds. The Labute approximate surface area is 189 Å². The summed E-state index contributed by atoms with van der Waals surface area (Å²) in [5, 5.41) is 2.78. The Bertz CT molecular complexity index is 1080. The van der Waals surface area contributed by atoms with Gasteiger partial charge < -0.3 is 14.8 Å². The van der Waals surface area contributed by atoms with Crippen molar-refractivity contribution in [1.29, 1.82) is 0 Å². The lowest BCUT2D eigenvalue weighted by Gasteiger charge is -2.28. The lowest BCUT2D eigenvalue weighted by molar-refractivity contribution is 0.102. The maximum absolute atomic E-state index is 12.9. The molecule has 0 aliphatic heterocycles. The van der Waals surface area contributed by atoms with Crippen LogP contribution in [0.4, 0.5) is 5.69 Å². The van der Waals surface area contributed by atoms with Gasteiger partial charge in [0.25, 0.3) is 5.91 Å². The summed E-state index contributed by atoms with van der Waals surface area (Å²) in [5.74, 6) is 2.49. The molecule has 2 saturated carbocycles. The Morgan fingerprint density at radius 1 is 1.00 bits per heavy atom. The van der Waals surface area contributed by atoms with Gasteiger partial charge in [-0.25, -0.2) is 13.1 Å². The smallest absolute Gasteiger partial charge is 0.255 e. The molecule has 2 aliphatic carbocycles. The van der Waals surface area contributed by atoms with E-state index in [1.165, 1.54) is 45.6 Å². The van der Waals surface area contributed by atoms with Gasteiger partial charge in [0.2, 0.25) is 10.0 Å². The molecule has 0 aromatic heterocycles. The highest BCUT2D eigenvalue weighted by Gasteiger charge is 2.42. The van der Waals surface area contributed by atoms with Gasteiger partial charge in [-0.3, -0.25) is 4.79 Å². The van der Waals surface area contributed by atoms with E-state index in [-0.39, 0.29) is 16.8 Å². The van der Waals surface area contributed by atoms with Crippen LogP contribution in [0.1, 0.15) is 43.0 Å². The first-order valence-electron chi connectivity index (χ1n) is 11.0. The van der Waals surface area contributed by atoms with E-state index in [2.05, 4.69) is 10.0 Å². The maximum atomic E-state index is 12.9. The number of carbonyl (C=O) groups excluding carboxylic acids is 1. The highest BCUT2D eigenvalue weighted by molar-refractivity contribution is 7.89. The third kappa shape index (κ3) is 4.61. The minimum absolute atomic E-state index is 0.0836. The van der Waals surface area contributed by atoms with Gasteiger partial charge in [-0.15, -0.1) is 0 Å². The van der Waals surface area contributed by atoms with Crippen LogP contribution in [0.5, 0.6) is 11.5 Å². The molecule has 0 radical (unpaired) electrons. The normalized spacial score (nSPS) is 23.0. The van der Waals surface area contributed by atoms with Gasteiger partial charge in [-0.2, -0.15) is 0 Å². The molecule has 32 heavy (non-hydrogen) atoms. The van der Waals surface area contributed by atoms with E-state index >= 15 is 0 Å². The first-order valence-corrected chi connectivity index (χ1v) is 12.4. The lowest BCUT2D eigenvalue weighted by atomic mass is 9.84. The summed E-state index contributed by atoms with van der Waals surface area (Å²) in [6, 6.07) is 11.0. The Balaban J connectivity index is 1.40. The highest BCUT2D eigenvalue weighted by atomic mass is 32.2. The third-order valence-corrected chi connectivity index (χ3v) is 8.42. The van der Waals surface area contributed by atoms with Crippen LogP contribution in [0.25, 0.3) is 0 Å². The van der Waals surface area contributed by atoms with Crippen LogP contribution in [0.2, 0.25) is 0 Å². The molecule has 0 spiro atoms. The van der Waals surface area contributed by atoms with Crippen LogP contribution in [-0.2, 0) is 10.0 Å². The first-order chi connectivity index (χ1) is 15.3. The van der Waals surface area contributed by atoms with E-state index in [0.29, 0.717) is 34.6 Å². The molecular formula is C24H30N2O5S. The van der Waals surface area contributed by atoms with Crippen molar-refractivity contribution in [2.45, 2.75) is 43.5 Å². The minimum Gasteiger partial charge on any atom is -0.493 e. The summed E-state index contributed by atoms with van der Waals surface area (Å²) < 4.78 is 39.0. The number of hydrogen-bond donors (Lipinski definition) is 2. The van der Waals surface area contributed by atoms with Gasteiger partial charge in [0.15, 0.2) is 11.5 Å². The van der Waals surface area contributed by atoms with E-state index in [4.69, 9.17) is 9.47 Å². The molecule has 172 valence electrons. The standard InChI is InChI=1S/C24H30N2O5S/c1-15(21-13-16-4-5-17(21)12-16)26-32(28,29)20-9-7-19(8-10-20)25-24(27)18-6-11-22(30-2)23(14-18)31-3/h6-11,14-17,21,26H,4-5,12-13H2,1-3H3,(H,25,27)/t15-,16+,17+,21+/m0/s1. The summed E-state index contributed by atoms with van der Waals surface area (Å²) >= 11 is 0. The van der Waals surface area contributed by atoms with Crippen LogP contribution >= 0.6 is 0 Å². The molecule has 2 bridgehead atoms. The van der Waals surface area contributed by atoms with Crippen LogP contribution in [0.3, 0.4) is 0 Å². The Morgan fingerprint density at radius 3 is 2.31 bits per heavy atom. The number of sulfonamides is 1. The Kier molecular flexibility index (Phi) is 6.44. The second kappa shape index (κ2) is 9.11. The molecule has 4 rings (SSSR count). The van der Waals surface area contributed by atoms with Crippen molar-refractivity contribution in [2.75, 3.05) is 19.5 Å². The van der Waals surface area contributed by atoms with Crippen molar-refractivity contribution < 1.29 is 22.7 Å². The van der Waals surface area contributed by atoms with Gasteiger partial charge >= 0.3 is 0 Å². The number of rotatable bonds is 8. The number of nitrogens with one attached hydrogen (secondary N) is 2. The Hall–Kier alpha value is -2.58. The average Bonchev–Trinajstić information content (AvgIpc) is 3.42. The molecule has 0 unspecified atom stereocenters. The van der Waals surface area contributed by atoms with E-state index in [1.54, 1.807) is 30.3 Å². The van der Waals surface area contributed by atoms with Crippen molar-refractivity contribution in [3.63, 3.8) is 0 Å². The monoisotopic (exact) mass is 458 g/mol. The van der Waals surface area contributed by atoms with Crippen molar-refractivity contribution in [3.8, 4) is 11.5 Å². The zero-order chi connectivity index (χ0) is 22.9. The highest BCUT2D eigenvalue weighted by Crippen LogP contribution is 2.49.